The third-order valence-electron chi connectivity index (χ3n) is 4.07. The van der Waals surface area contributed by atoms with E-state index in [2.05, 4.69) is 29.3 Å². The highest BCUT2D eigenvalue weighted by Gasteiger charge is 2.38. The molecule has 2 N–H and O–H groups in total. The summed E-state index contributed by atoms with van der Waals surface area (Å²) in [5.41, 5.74) is 3.70. The van der Waals surface area contributed by atoms with Crippen LogP contribution in [-0.2, 0) is 11.3 Å². The Morgan fingerprint density at radius 1 is 1.39 bits per heavy atom. The number of carbonyl (C=O) groups is 1. The van der Waals surface area contributed by atoms with Crippen LogP contribution in [0, 0.1) is 0 Å². The molecule has 1 amide bonds. The van der Waals surface area contributed by atoms with Gasteiger partial charge in [-0.1, -0.05) is 5.57 Å². The molecular weight excluding hydrogens is 306 g/mol. The number of nitrogens with zero attached hydrogens (tertiary/aromatic N) is 1. The largest absolute Gasteiger partial charge is 0.365 e. The van der Waals surface area contributed by atoms with Gasteiger partial charge in [0.1, 0.15) is 5.82 Å². The summed E-state index contributed by atoms with van der Waals surface area (Å²) < 4.78 is 0. The molecule has 1 aliphatic carbocycles. The van der Waals surface area contributed by atoms with Crippen molar-refractivity contribution in [2.24, 2.45) is 4.99 Å². The van der Waals surface area contributed by atoms with E-state index in [0.717, 1.165) is 29.6 Å². The monoisotopic (exact) mass is 331 g/mol. The van der Waals surface area contributed by atoms with Crippen LogP contribution in [0.1, 0.15) is 46.1 Å². The number of hydrogen-bond acceptors (Lipinski definition) is 4. The minimum Gasteiger partial charge on any atom is -0.365 e. The summed E-state index contributed by atoms with van der Waals surface area (Å²) in [6.07, 6.45) is 2.24. The Kier molecular flexibility index (Phi) is 5.42. The molecule has 4 nitrogen and oxygen atoms in total. The molecule has 1 aliphatic rings. The van der Waals surface area contributed by atoms with Gasteiger partial charge >= 0.3 is 0 Å². The van der Waals surface area contributed by atoms with Crippen LogP contribution in [-0.4, -0.2) is 18.2 Å². The van der Waals surface area contributed by atoms with Crippen LogP contribution in [0.15, 0.2) is 44.4 Å². The van der Waals surface area contributed by atoms with Crippen LogP contribution >= 0.6 is 11.3 Å². The average molecular weight is 331 g/mol. The number of allylic oxidation sites excluding steroid dienone is 1. The molecule has 0 unspecified atom stereocenters. The Balaban J connectivity index is 2.17. The first kappa shape index (κ1) is 17.5. The quantitative estimate of drug-likeness (QED) is 0.454. The van der Waals surface area contributed by atoms with E-state index in [4.69, 9.17) is 0 Å². The molecular formula is C18H25N3OS. The molecule has 0 spiro atoms. The summed E-state index contributed by atoms with van der Waals surface area (Å²) in [6.45, 7) is 12.2. The predicted octanol–water partition coefficient (Wildman–Crippen LogP) is 3.77. The van der Waals surface area contributed by atoms with Gasteiger partial charge in [0.05, 0.1) is 0 Å². The van der Waals surface area contributed by atoms with Crippen molar-refractivity contribution in [3.05, 3.63) is 44.9 Å². The SMILES string of the molecule is C=N/C(NC1(C)CC1)=C(\C)C(C(=O)NCc1ccsc1)=C(C)C. The molecule has 0 bridgehead atoms. The van der Waals surface area contributed by atoms with E-state index in [0.29, 0.717) is 17.9 Å². The fourth-order valence-corrected chi connectivity index (χ4v) is 3.07. The summed E-state index contributed by atoms with van der Waals surface area (Å²) in [6, 6.07) is 2.02. The second kappa shape index (κ2) is 7.13. The van der Waals surface area contributed by atoms with Crippen LogP contribution < -0.4 is 10.6 Å². The Bertz CT molecular complexity index is 648. The van der Waals surface area contributed by atoms with Crippen LogP contribution in [0.4, 0.5) is 0 Å². The Morgan fingerprint density at radius 3 is 2.57 bits per heavy atom. The van der Waals surface area contributed by atoms with Crippen molar-refractivity contribution in [1.82, 2.24) is 10.6 Å². The van der Waals surface area contributed by atoms with Gasteiger partial charge in [0, 0.05) is 23.2 Å². The summed E-state index contributed by atoms with van der Waals surface area (Å²) in [5.74, 6) is 0.629. The number of aliphatic imine (C=N–C) groups is 1. The van der Waals surface area contributed by atoms with Gasteiger partial charge in [-0.3, -0.25) is 4.79 Å². The maximum absolute atomic E-state index is 12.6. The van der Waals surface area contributed by atoms with Gasteiger partial charge in [0.25, 0.3) is 5.91 Å². The molecule has 0 saturated heterocycles. The Labute approximate surface area is 142 Å². The topological polar surface area (TPSA) is 53.5 Å². The number of thiophene rings is 1. The van der Waals surface area contributed by atoms with E-state index in [1.165, 1.54) is 0 Å². The van der Waals surface area contributed by atoms with Crippen molar-refractivity contribution in [3.63, 3.8) is 0 Å². The molecule has 1 aromatic heterocycles. The van der Waals surface area contributed by atoms with E-state index in [1.807, 2.05) is 37.6 Å². The van der Waals surface area contributed by atoms with Crippen molar-refractivity contribution in [1.29, 1.82) is 0 Å². The third kappa shape index (κ3) is 4.55. The van der Waals surface area contributed by atoms with Gasteiger partial charge in [-0.05, 0) is 69.6 Å². The lowest BCUT2D eigenvalue weighted by Crippen LogP contribution is -2.30. The lowest BCUT2D eigenvalue weighted by molar-refractivity contribution is -0.117. The van der Waals surface area contributed by atoms with Crippen molar-refractivity contribution >= 4 is 24.0 Å². The number of amides is 1. The Morgan fingerprint density at radius 2 is 2.09 bits per heavy atom. The molecule has 2 rings (SSSR count). The summed E-state index contributed by atoms with van der Waals surface area (Å²) in [5, 5.41) is 10.5. The molecule has 1 saturated carbocycles. The summed E-state index contributed by atoms with van der Waals surface area (Å²) in [7, 11) is 0. The second-order valence-electron chi connectivity index (χ2n) is 6.51. The average Bonchev–Trinajstić information content (AvgIpc) is 3.01. The van der Waals surface area contributed by atoms with Gasteiger partial charge in [-0.25, -0.2) is 4.99 Å². The van der Waals surface area contributed by atoms with Crippen LogP contribution in [0.2, 0.25) is 0 Å². The number of hydrogen-bond donors (Lipinski definition) is 2. The third-order valence-corrected chi connectivity index (χ3v) is 4.80. The summed E-state index contributed by atoms with van der Waals surface area (Å²) in [4.78, 5) is 16.7. The lowest BCUT2D eigenvalue weighted by Gasteiger charge is -2.18. The second-order valence-corrected chi connectivity index (χ2v) is 7.29. The standard InChI is InChI=1S/C18H25N3OS/c1-12(2)15(17(22)20-10-14-6-9-23-11-14)13(3)16(19-5)21-18(4)7-8-18/h6,9,11,21H,5,7-8,10H2,1-4H3,(H,20,22)/b16-13-. The van der Waals surface area contributed by atoms with E-state index in [9.17, 15) is 4.79 Å². The molecule has 1 heterocycles. The number of nitrogens with one attached hydrogen (secondary N) is 2. The summed E-state index contributed by atoms with van der Waals surface area (Å²) >= 11 is 1.63. The van der Waals surface area contributed by atoms with Gasteiger partial charge in [0.15, 0.2) is 0 Å². The van der Waals surface area contributed by atoms with E-state index >= 15 is 0 Å². The van der Waals surface area contributed by atoms with Crippen LogP contribution in [0.5, 0.6) is 0 Å². The molecule has 1 aromatic rings. The van der Waals surface area contributed by atoms with Gasteiger partial charge < -0.3 is 10.6 Å². The molecule has 0 aliphatic heterocycles. The highest BCUT2D eigenvalue weighted by Crippen LogP contribution is 2.36. The zero-order chi connectivity index (χ0) is 17.0. The molecule has 5 heteroatoms. The fraction of sp³-hybridized carbons (Fsp3) is 0.444. The van der Waals surface area contributed by atoms with E-state index < -0.39 is 0 Å². The molecule has 23 heavy (non-hydrogen) atoms. The zero-order valence-corrected chi connectivity index (χ0v) is 15.1. The molecule has 0 aromatic carbocycles. The first-order valence-electron chi connectivity index (χ1n) is 7.79. The van der Waals surface area contributed by atoms with Gasteiger partial charge in [0.2, 0.25) is 0 Å². The van der Waals surface area contributed by atoms with E-state index in [-0.39, 0.29) is 11.4 Å². The highest BCUT2D eigenvalue weighted by atomic mass is 32.1. The van der Waals surface area contributed by atoms with Gasteiger partial charge in [-0.15, -0.1) is 0 Å². The molecule has 1 fully saturated rings. The van der Waals surface area contributed by atoms with Crippen molar-refractivity contribution in [3.8, 4) is 0 Å². The molecule has 0 atom stereocenters. The first-order valence-corrected chi connectivity index (χ1v) is 8.73. The van der Waals surface area contributed by atoms with Gasteiger partial charge in [-0.2, -0.15) is 11.3 Å². The van der Waals surface area contributed by atoms with Crippen molar-refractivity contribution in [2.45, 2.75) is 52.6 Å². The van der Waals surface area contributed by atoms with E-state index in [1.54, 1.807) is 11.3 Å². The van der Waals surface area contributed by atoms with Crippen LogP contribution in [0.3, 0.4) is 0 Å². The number of carbonyl (C=O) groups excluding carboxylic acids is 1. The predicted molar refractivity (Wildman–Crippen MR) is 97.6 cm³/mol. The van der Waals surface area contributed by atoms with Crippen molar-refractivity contribution in [2.75, 3.05) is 0 Å². The fourth-order valence-electron chi connectivity index (χ4n) is 2.40. The maximum Gasteiger partial charge on any atom is 0.251 e. The van der Waals surface area contributed by atoms with Crippen LogP contribution in [0.25, 0.3) is 0 Å². The normalized spacial score (nSPS) is 16.2. The minimum absolute atomic E-state index is 0.0717. The zero-order valence-electron chi connectivity index (χ0n) is 14.3. The molecule has 0 radical (unpaired) electrons. The first-order chi connectivity index (χ1) is 10.9. The maximum atomic E-state index is 12.6. The van der Waals surface area contributed by atoms with Crippen molar-refractivity contribution < 1.29 is 4.79 Å². The minimum atomic E-state index is -0.0717. The smallest absolute Gasteiger partial charge is 0.251 e. The Hall–Kier alpha value is -1.88. The molecule has 124 valence electrons. The number of rotatable bonds is 7. The highest BCUT2D eigenvalue weighted by molar-refractivity contribution is 7.07. The lowest BCUT2D eigenvalue weighted by atomic mass is 10.0.